The van der Waals surface area contributed by atoms with Crippen LogP contribution in [0.1, 0.15) is 26.2 Å². The number of ether oxygens (including phenoxy) is 2. The van der Waals surface area contributed by atoms with Gasteiger partial charge in [-0.25, -0.2) is 14.3 Å². The first-order valence-corrected chi connectivity index (χ1v) is 12.8. The Morgan fingerprint density at radius 1 is 1.21 bits per heavy atom. The number of hydrogen-bond donors (Lipinski definition) is 1. The largest absolute Gasteiger partial charge is 0.573 e. The summed E-state index contributed by atoms with van der Waals surface area (Å²) < 4.78 is 50.7. The van der Waals surface area contributed by atoms with E-state index in [9.17, 15) is 13.2 Å². The van der Waals surface area contributed by atoms with Crippen LogP contribution in [0.3, 0.4) is 0 Å². The molecule has 0 unspecified atom stereocenters. The number of tetrazole rings is 1. The van der Waals surface area contributed by atoms with Gasteiger partial charge in [0.25, 0.3) is 0 Å². The minimum Gasteiger partial charge on any atom is -0.493 e. The normalized spacial score (nSPS) is 20.0. The summed E-state index contributed by atoms with van der Waals surface area (Å²) in [6, 6.07) is 5.38. The van der Waals surface area contributed by atoms with Crippen molar-refractivity contribution in [1.29, 1.82) is 0 Å². The molecule has 38 heavy (non-hydrogen) atoms. The number of allylic oxidation sites excluding steroid dienone is 1. The second kappa shape index (κ2) is 12.0. The predicted molar refractivity (Wildman–Crippen MR) is 131 cm³/mol. The first kappa shape index (κ1) is 27.7. The lowest BCUT2D eigenvalue weighted by atomic mass is 9.69. The summed E-state index contributed by atoms with van der Waals surface area (Å²) in [6.07, 6.45) is 0.924. The van der Waals surface area contributed by atoms with E-state index < -0.39 is 6.36 Å². The van der Waals surface area contributed by atoms with Gasteiger partial charge in [0.15, 0.2) is 0 Å². The van der Waals surface area contributed by atoms with Crippen LogP contribution < -0.4 is 15.0 Å². The standard InChI is InChI=1S/C23H29F3N8O3S/c1-22(10-11-38-21-29-31-32-33(21)2)9-8-16(19(20(22)30-35-3)12-34-15-27-14-28-34)13-36-17-4-6-18(7-5-17)37-23(24,25)26/h4-7,14-16,30H,8-13H2,1-3H3/t16-,22-/m0/s1. The van der Waals surface area contributed by atoms with Gasteiger partial charge < -0.3 is 9.47 Å². The molecule has 0 saturated heterocycles. The number of aromatic nitrogens is 7. The first-order chi connectivity index (χ1) is 18.2. The van der Waals surface area contributed by atoms with Crippen LogP contribution in [-0.2, 0) is 18.4 Å². The minimum absolute atomic E-state index is 0.00613. The number of nitrogens with zero attached hydrogens (tertiary/aromatic N) is 7. The molecule has 2 heterocycles. The summed E-state index contributed by atoms with van der Waals surface area (Å²) in [4.78, 5) is 9.48. The number of hydroxylamine groups is 1. The van der Waals surface area contributed by atoms with E-state index in [4.69, 9.17) is 9.57 Å². The zero-order valence-corrected chi connectivity index (χ0v) is 22.0. The smallest absolute Gasteiger partial charge is 0.493 e. The van der Waals surface area contributed by atoms with Crippen molar-refractivity contribution in [2.45, 2.75) is 44.2 Å². The van der Waals surface area contributed by atoms with E-state index in [1.807, 2.05) is 0 Å². The van der Waals surface area contributed by atoms with E-state index in [1.165, 1.54) is 30.6 Å². The van der Waals surface area contributed by atoms with Crippen LogP contribution in [0.5, 0.6) is 11.5 Å². The van der Waals surface area contributed by atoms with Gasteiger partial charge in [-0.05, 0) is 59.5 Å². The molecule has 1 aliphatic carbocycles. The molecular weight excluding hydrogens is 525 g/mol. The zero-order valence-electron chi connectivity index (χ0n) is 21.2. The highest BCUT2D eigenvalue weighted by molar-refractivity contribution is 7.99. The van der Waals surface area contributed by atoms with E-state index >= 15 is 0 Å². The number of benzene rings is 1. The Kier molecular flexibility index (Phi) is 8.76. The third-order valence-corrected chi connectivity index (χ3v) is 7.45. The molecule has 0 fully saturated rings. The minimum atomic E-state index is -4.74. The number of rotatable bonds is 12. The Hall–Kier alpha value is -3.33. The Labute approximate surface area is 221 Å². The summed E-state index contributed by atoms with van der Waals surface area (Å²) in [7, 11) is 3.38. The number of thioether (sulfide) groups is 1. The van der Waals surface area contributed by atoms with Crippen molar-refractivity contribution in [3.05, 3.63) is 48.2 Å². The second-order valence-electron chi connectivity index (χ2n) is 9.11. The van der Waals surface area contributed by atoms with E-state index in [2.05, 4.69) is 42.7 Å². The van der Waals surface area contributed by atoms with Crippen molar-refractivity contribution in [3.8, 4) is 11.5 Å². The molecule has 2 aromatic heterocycles. The third kappa shape index (κ3) is 7.16. The van der Waals surface area contributed by atoms with Crippen LogP contribution in [0, 0.1) is 11.3 Å². The molecule has 206 valence electrons. The quantitative estimate of drug-likeness (QED) is 0.262. The molecule has 1 N–H and O–H groups in total. The Balaban J connectivity index is 1.51. The molecule has 11 nitrogen and oxygen atoms in total. The molecule has 0 spiro atoms. The van der Waals surface area contributed by atoms with Gasteiger partial charge in [0, 0.05) is 29.8 Å². The second-order valence-corrected chi connectivity index (χ2v) is 10.2. The van der Waals surface area contributed by atoms with Gasteiger partial charge >= 0.3 is 6.36 Å². The summed E-state index contributed by atoms with van der Waals surface area (Å²) in [5, 5.41) is 16.6. The van der Waals surface area contributed by atoms with E-state index in [0.717, 1.165) is 41.4 Å². The highest BCUT2D eigenvalue weighted by Gasteiger charge is 2.39. The van der Waals surface area contributed by atoms with Crippen molar-refractivity contribution < 1.29 is 27.5 Å². The van der Waals surface area contributed by atoms with Crippen molar-refractivity contribution in [1.82, 2.24) is 40.5 Å². The summed E-state index contributed by atoms with van der Waals surface area (Å²) >= 11 is 1.59. The maximum atomic E-state index is 12.5. The monoisotopic (exact) mass is 554 g/mol. The Morgan fingerprint density at radius 3 is 2.61 bits per heavy atom. The molecule has 0 saturated carbocycles. The highest BCUT2D eigenvalue weighted by Crippen LogP contribution is 2.46. The van der Waals surface area contributed by atoms with Gasteiger partial charge in [-0.3, -0.25) is 10.3 Å². The molecule has 0 bridgehead atoms. The number of halogens is 3. The molecule has 0 aliphatic heterocycles. The maximum Gasteiger partial charge on any atom is 0.573 e. The molecule has 1 aromatic carbocycles. The molecule has 0 radical (unpaired) electrons. The summed E-state index contributed by atoms with van der Waals surface area (Å²) in [5.74, 6) is 0.949. The fourth-order valence-electron chi connectivity index (χ4n) is 4.45. The van der Waals surface area contributed by atoms with Gasteiger partial charge in [0.05, 0.1) is 20.3 Å². The van der Waals surface area contributed by atoms with Crippen LogP contribution in [-0.4, -0.2) is 60.8 Å². The maximum absolute atomic E-state index is 12.5. The average Bonchev–Trinajstić information content (AvgIpc) is 3.53. The molecular formula is C23H29F3N8O3S. The number of alkyl halides is 3. The SMILES string of the molecule is CONC1=C(Cn2cncn2)[C@H](COc2ccc(OC(F)(F)F)cc2)CC[C@@]1(C)CCSc1nnnn1C. The van der Waals surface area contributed by atoms with Gasteiger partial charge in [-0.2, -0.15) is 5.10 Å². The molecule has 4 rings (SSSR count). The van der Waals surface area contributed by atoms with Crippen molar-refractivity contribution in [2.24, 2.45) is 18.4 Å². The van der Waals surface area contributed by atoms with Crippen molar-refractivity contribution >= 4 is 11.8 Å². The van der Waals surface area contributed by atoms with Crippen molar-refractivity contribution in [3.63, 3.8) is 0 Å². The van der Waals surface area contributed by atoms with Crippen LogP contribution in [0.25, 0.3) is 0 Å². The molecule has 15 heteroatoms. The Morgan fingerprint density at radius 2 is 1.97 bits per heavy atom. The predicted octanol–water partition coefficient (Wildman–Crippen LogP) is 3.78. The van der Waals surface area contributed by atoms with Crippen LogP contribution >= 0.6 is 11.8 Å². The lowest BCUT2D eigenvalue weighted by molar-refractivity contribution is -0.274. The molecule has 2 atom stereocenters. The lowest BCUT2D eigenvalue weighted by Gasteiger charge is -2.41. The number of hydrogen-bond acceptors (Lipinski definition) is 10. The van der Waals surface area contributed by atoms with E-state index in [0.29, 0.717) is 18.9 Å². The zero-order chi connectivity index (χ0) is 27.2. The van der Waals surface area contributed by atoms with Crippen LogP contribution in [0.4, 0.5) is 13.2 Å². The lowest BCUT2D eigenvalue weighted by Crippen LogP contribution is -2.39. The van der Waals surface area contributed by atoms with Gasteiger partial charge in [0.2, 0.25) is 5.16 Å². The van der Waals surface area contributed by atoms with Gasteiger partial charge in [-0.1, -0.05) is 18.7 Å². The fourth-order valence-corrected chi connectivity index (χ4v) is 5.50. The summed E-state index contributed by atoms with van der Waals surface area (Å²) in [6.45, 7) is 3.00. The Bertz CT molecular complexity index is 1200. The van der Waals surface area contributed by atoms with E-state index in [-0.39, 0.29) is 17.1 Å². The topological polar surface area (TPSA) is 114 Å². The van der Waals surface area contributed by atoms with Crippen LogP contribution in [0.2, 0.25) is 0 Å². The third-order valence-electron chi connectivity index (χ3n) is 6.44. The van der Waals surface area contributed by atoms with Gasteiger partial charge in [0.1, 0.15) is 24.2 Å². The highest BCUT2D eigenvalue weighted by atomic mass is 32.2. The van der Waals surface area contributed by atoms with Crippen LogP contribution in [0.15, 0.2) is 53.3 Å². The molecule has 1 aliphatic rings. The summed E-state index contributed by atoms with van der Waals surface area (Å²) in [5.41, 5.74) is 4.93. The average molecular weight is 555 g/mol. The fraction of sp³-hybridized carbons (Fsp3) is 0.522. The number of aryl methyl sites for hydroxylation is 1. The van der Waals surface area contributed by atoms with Gasteiger partial charge in [-0.15, -0.1) is 18.3 Å². The number of nitrogens with one attached hydrogen (secondary N) is 1. The molecule has 3 aromatic rings. The first-order valence-electron chi connectivity index (χ1n) is 11.9. The molecule has 0 amide bonds. The van der Waals surface area contributed by atoms with E-state index in [1.54, 1.807) is 41.6 Å². The van der Waals surface area contributed by atoms with Crippen molar-refractivity contribution in [2.75, 3.05) is 19.5 Å².